The molecular formula is C5H5ClNO. The summed E-state index contributed by atoms with van der Waals surface area (Å²) in [4.78, 5) is 3.71. The molecule has 0 atom stereocenters. The molecule has 0 fully saturated rings. The molecule has 1 aromatic heterocycles. The number of hydrogen-bond donors (Lipinski definition) is 0. The van der Waals surface area contributed by atoms with Gasteiger partial charge in [0.1, 0.15) is 5.76 Å². The third-order valence-corrected chi connectivity index (χ3v) is 1.17. The predicted molar refractivity (Wildman–Crippen MR) is 29.6 cm³/mol. The molecule has 1 rings (SSSR count). The van der Waals surface area contributed by atoms with Crippen molar-refractivity contribution < 1.29 is 4.42 Å². The van der Waals surface area contributed by atoms with Gasteiger partial charge in [0.2, 0.25) is 0 Å². The van der Waals surface area contributed by atoms with Crippen molar-refractivity contribution in [2.75, 3.05) is 0 Å². The molecule has 0 saturated carbocycles. The molecule has 1 radical (unpaired) electrons. The number of aromatic nitrogens is 1. The highest BCUT2D eigenvalue weighted by Gasteiger charge is 1.98. The second-order valence-electron chi connectivity index (χ2n) is 1.44. The normalized spacial score (nSPS) is 9.75. The monoisotopic (exact) mass is 130 g/mol. The number of alkyl halides is 1. The molecule has 0 amide bonds. The van der Waals surface area contributed by atoms with Crippen LogP contribution in [0.5, 0.6) is 0 Å². The highest BCUT2D eigenvalue weighted by molar-refractivity contribution is 6.16. The Kier molecular flexibility index (Phi) is 1.53. The van der Waals surface area contributed by atoms with Gasteiger partial charge in [-0.05, 0) is 6.92 Å². The van der Waals surface area contributed by atoms with Crippen molar-refractivity contribution in [3.8, 4) is 0 Å². The zero-order valence-electron chi connectivity index (χ0n) is 4.44. The van der Waals surface area contributed by atoms with E-state index in [0.717, 1.165) is 11.5 Å². The summed E-state index contributed by atoms with van der Waals surface area (Å²) in [6.07, 6.45) is 2.34. The zero-order chi connectivity index (χ0) is 5.98. The summed E-state index contributed by atoms with van der Waals surface area (Å²) in [5.41, 5.74) is 0.770. The maximum atomic E-state index is 5.43. The standard InChI is InChI=1S/C5H5ClNO/c1-4-5(2-6)7-3-8-4/h2H2,1H3. The number of hydrogen-bond acceptors (Lipinski definition) is 2. The molecule has 0 aromatic carbocycles. The van der Waals surface area contributed by atoms with Gasteiger partial charge >= 0.3 is 0 Å². The molecule has 1 aromatic rings. The van der Waals surface area contributed by atoms with E-state index in [0.29, 0.717) is 5.88 Å². The number of oxazole rings is 1. The second-order valence-corrected chi connectivity index (χ2v) is 1.71. The van der Waals surface area contributed by atoms with Crippen molar-refractivity contribution in [2.45, 2.75) is 12.8 Å². The van der Waals surface area contributed by atoms with E-state index in [4.69, 9.17) is 16.0 Å². The Hall–Kier alpha value is -0.500. The minimum absolute atomic E-state index is 0.402. The van der Waals surface area contributed by atoms with Crippen LogP contribution in [-0.4, -0.2) is 4.98 Å². The smallest absolute Gasteiger partial charge is 0.284 e. The summed E-state index contributed by atoms with van der Waals surface area (Å²) in [7, 11) is 0. The van der Waals surface area contributed by atoms with E-state index in [-0.39, 0.29) is 0 Å². The highest BCUT2D eigenvalue weighted by Crippen LogP contribution is 2.05. The summed E-state index contributed by atoms with van der Waals surface area (Å²) in [6.45, 7) is 1.81. The minimum atomic E-state index is 0.402. The fraction of sp³-hybridized carbons (Fsp3) is 0.400. The third kappa shape index (κ3) is 0.842. The molecule has 8 heavy (non-hydrogen) atoms. The largest absolute Gasteiger partial charge is 0.438 e. The summed E-state index contributed by atoms with van der Waals surface area (Å²) < 4.78 is 4.73. The maximum Gasteiger partial charge on any atom is 0.284 e. The van der Waals surface area contributed by atoms with E-state index in [1.165, 1.54) is 0 Å². The van der Waals surface area contributed by atoms with Gasteiger partial charge in [-0.25, -0.2) is 4.98 Å². The molecule has 0 bridgehead atoms. The van der Waals surface area contributed by atoms with Crippen LogP contribution >= 0.6 is 11.6 Å². The lowest BCUT2D eigenvalue weighted by Crippen LogP contribution is -1.77. The summed E-state index contributed by atoms with van der Waals surface area (Å²) in [6, 6.07) is 0. The van der Waals surface area contributed by atoms with Crippen molar-refractivity contribution >= 4 is 11.6 Å². The van der Waals surface area contributed by atoms with Crippen molar-refractivity contribution in [1.29, 1.82) is 0 Å². The van der Waals surface area contributed by atoms with Crippen LogP contribution in [0, 0.1) is 13.3 Å². The van der Waals surface area contributed by atoms with Crippen molar-refractivity contribution in [2.24, 2.45) is 0 Å². The van der Waals surface area contributed by atoms with Gasteiger partial charge in [0.05, 0.1) is 11.6 Å². The number of rotatable bonds is 1. The van der Waals surface area contributed by atoms with Gasteiger partial charge in [0.25, 0.3) is 6.39 Å². The Morgan fingerprint density at radius 3 is 2.88 bits per heavy atom. The third-order valence-electron chi connectivity index (χ3n) is 0.912. The Bertz CT molecular complexity index is 173. The lowest BCUT2D eigenvalue weighted by Gasteiger charge is -1.82. The van der Waals surface area contributed by atoms with Crippen molar-refractivity contribution in [1.82, 2.24) is 4.98 Å². The summed E-state index contributed by atoms with van der Waals surface area (Å²) in [5, 5.41) is 0. The van der Waals surface area contributed by atoms with Crippen molar-refractivity contribution in [3.63, 3.8) is 0 Å². The lowest BCUT2D eigenvalue weighted by atomic mass is 10.4. The topological polar surface area (TPSA) is 26.0 Å². The molecule has 1 heterocycles. The Balaban J connectivity index is 2.92. The average molecular weight is 131 g/mol. The first-order valence-electron chi connectivity index (χ1n) is 2.23. The SMILES string of the molecule is Cc1o[c]nc1CCl. The van der Waals surface area contributed by atoms with Gasteiger partial charge in [-0.2, -0.15) is 0 Å². The molecular weight excluding hydrogens is 126 g/mol. The fourth-order valence-electron chi connectivity index (χ4n) is 0.408. The molecule has 0 aliphatic carbocycles. The van der Waals surface area contributed by atoms with E-state index in [1.54, 1.807) is 6.92 Å². The Labute approximate surface area is 52.5 Å². The van der Waals surface area contributed by atoms with Crippen LogP contribution in [0.3, 0.4) is 0 Å². The molecule has 0 aliphatic heterocycles. The Morgan fingerprint density at radius 1 is 1.88 bits per heavy atom. The maximum absolute atomic E-state index is 5.43. The zero-order valence-corrected chi connectivity index (χ0v) is 5.20. The predicted octanol–water partition coefficient (Wildman–Crippen LogP) is 1.52. The Morgan fingerprint density at radius 2 is 2.62 bits per heavy atom. The second kappa shape index (κ2) is 2.18. The van der Waals surface area contributed by atoms with Crippen LogP contribution in [-0.2, 0) is 5.88 Å². The van der Waals surface area contributed by atoms with Gasteiger partial charge in [-0.3, -0.25) is 0 Å². The quantitative estimate of drug-likeness (QED) is 0.539. The van der Waals surface area contributed by atoms with E-state index in [2.05, 4.69) is 11.4 Å². The minimum Gasteiger partial charge on any atom is -0.438 e. The fourth-order valence-corrected chi connectivity index (χ4v) is 0.656. The average Bonchev–Trinajstić information content (AvgIpc) is 2.14. The number of halogens is 1. The summed E-state index contributed by atoms with van der Waals surface area (Å²) in [5.74, 6) is 1.15. The molecule has 3 heteroatoms. The van der Waals surface area contributed by atoms with Gasteiger partial charge in [0, 0.05) is 0 Å². The molecule has 0 unspecified atom stereocenters. The van der Waals surface area contributed by atoms with Crippen LogP contribution in [0.2, 0.25) is 0 Å². The van der Waals surface area contributed by atoms with Crippen molar-refractivity contribution in [3.05, 3.63) is 17.8 Å². The van der Waals surface area contributed by atoms with Crippen LogP contribution in [0.4, 0.5) is 0 Å². The number of aryl methyl sites for hydroxylation is 1. The van der Waals surface area contributed by atoms with Crippen LogP contribution in [0.1, 0.15) is 11.5 Å². The first kappa shape index (κ1) is 5.63. The molecule has 0 aliphatic rings. The first-order chi connectivity index (χ1) is 3.84. The summed E-state index contributed by atoms with van der Waals surface area (Å²) >= 11 is 5.43. The molecule has 43 valence electrons. The van der Waals surface area contributed by atoms with Gasteiger partial charge in [0.15, 0.2) is 0 Å². The van der Waals surface area contributed by atoms with E-state index < -0.39 is 0 Å². The lowest BCUT2D eigenvalue weighted by molar-refractivity contribution is 0.516. The van der Waals surface area contributed by atoms with E-state index in [1.807, 2.05) is 0 Å². The molecule has 0 spiro atoms. The van der Waals surface area contributed by atoms with E-state index in [9.17, 15) is 0 Å². The highest BCUT2D eigenvalue weighted by atomic mass is 35.5. The molecule has 0 saturated heterocycles. The molecule has 2 nitrogen and oxygen atoms in total. The van der Waals surface area contributed by atoms with Gasteiger partial charge in [-0.1, -0.05) is 0 Å². The van der Waals surface area contributed by atoms with Crippen LogP contribution in [0.15, 0.2) is 4.42 Å². The van der Waals surface area contributed by atoms with Crippen LogP contribution in [0.25, 0.3) is 0 Å². The molecule has 0 N–H and O–H groups in total. The van der Waals surface area contributed by atoms with Crippen LogP contribution < -0.4 is 0 Å². The van der Waals surface area contributed by atoms with Gasteiger partial charge in [-0.15, -0.1) is 11.6 Å². The van der Waals surface area contributed by atoms with Gasteiger partial charge < -0.3 is 4.42 Å². The number of nitrogens with zero attached hydrogens (tertiary/aromatic N) is 1. The van der Waals surface area contributed by atoms with E-state index >= 15 is 0 Å². The first-order valence-corrected chi connectivity index (χ1v) is 2.76.